The van der Waals surface area contributed by atoms with Crippen LogP contribution in [0.3, 0.4) is 0 Å². The summed E-state index contributed by atoms with van der Waals surface area (Å²) in [4.78, 5) is 4.45. The van der Waals surface area contributed by atoms with Crippen molar-refractivity contribution in [3.63, 3.8) is 0 Å². The van der Waals surface area contributed by atoms with Gasteiger partial charge in [0.25, 0.3) is 10.0 Å². The van der Waals surface area contributed by atoms with E-state index in [2.05, 4.69) is 10.3 Å². The van der Waals surface area contributed by atoms with Crippen molar-refractivity contribution in [3.05, 3.63) is 59.7 Å². The summed E-state index contributed by atoms with van der Waals surface area (Å²) >= 11 is 0. The predicted molar refractivity (Wildman–Crippen MR) is 106 cm³/mol. The van der Waals surface area contributed by atoms with Gasteiger partial charge in [0, 0.05) is 17.8 Å². The molecule has 1 N–H and O–H groups in total. The van der Waals surface area contributed by atoms with Crippen molar-refractivity contribution in [1.82, 2.24) is 14.3 Å². The van der Waals surface area contributed by atoms with Crippen LogP contribution in [0.5, 0.6) is 0 Å². The van der Waals surface area contributed by atoms with Crippen LogP contribution in [0.4, 0.5) is 4.39 Å². The summed E-state index contributed by atoms with van der Waals surface area (Å²) in [6.45, 7) is 3.51. The molecule has 0 bridgehead atoms. The molecular weight excluding hydrogens is 389 g/mol. The van der Waals surface area contributed by atoms with E-state index in [1.54, 1.807) is 37.4 Å². The summed E-state index contributed by atoms with van der Waals surface area (Å²) in [6.07, 6.45) is 4.59. The Balaban J connectivity index is 0.00000210. The zero-order valence-electron chi connectivity index (χ0n) is 14.9. The standard InChI is InChI=1S/C19H20FN3O2S.ClH/c1-13-4-2-3-5-18(13)26(24,25)23-12-16(14-6-8-21-9-7-14)19-17(23)10-15(20)11-22-19;/h2-5,10-12,14,21H,6-9H2,1H3;1H. The van der Waals surface area contributed by atoms with Crippen LogP contribution in [0.1, 0.15) is 29.9 Å². The molecule has 0 radical (unpaired) electrons. The maximum atomic E-state index is 13.9. The minimum absolute atomic E-state index is 0. The van der Waals surface area contributed by atoms with Gasteiger partial charge in [0.15, 0.2) is 0 Å². The predicted octanol–water partition coefficient (Wildman–Crippen LogP) is 3.61. The Morgan fingerprint density at radius 1 is 1.22 bits per heavy atom. The van der Waals surface area contributed by atoms with Gasteiger partial charge >= 0.3 is 0 Å². The molecule has 3 aromatic rings. The third-order valence-corrected chi connectivity index (χ3v) is 6.84. The van der Waals surface area contributed by atoms with Gasteiger partial charge in [0.05, 0.1) is 22.1 Å². The van der Waals surface area contributed by atoms with E-state index in [0.717, 1.165) is 37.7 Å². The lowest BCUT2D eigenvalue weighted by Gasteiger charge is -2.21. The molecule has 1 aliphatic rings. The highest BCUT2D eigenvalue weighted by Gasteiger charge is 2.27. The van der Waals surface area contributed by atoms with E-state index in [-0.39, 0.29) is 23.2 Å². The molecule has 144 valence electrons. The van der Waals surface area contributed by atoms with Gasteiger partial charge in [-0.1, -0.05) is 18.2 Å². The number of rotatable bonds is 3. The molecular formula is C19H21ClFN3O2S. The fourth-order valence-corrected chi connectivity index (χ4v) is 5.25. The molecule has 8 heteroatoms. The van der Waals surface area contributed by atoms with Gasteiger partial charge in [-0.3, -0.25) is 4.98 Å². The maximum Gasteiger partial charge on any atom is 0.268 e. The number of nitrogens with zero attached hydrogens (tertiary/aromatic N) is 2. The molecule has 0 aliphatic carbocycles. The Morgan fingerprint density at radius 3 is 2.63 bits per heavy atom. The smallest absolute Gasteiger partial charge is 0.268 e. The summed E-state index contributed by atoms with van der Waals surface area (Å²) in [5.41, 5.74) is 2.39. The molecule has 5 nitrogen and oxygen atoms in total. The van der Waals surface area contributed by atoms with Crippen molar-refractivity contribution >= 4 is 33.5 Å². The van der Waals surface area contributed by atoms with Crippen molar-refractivity contribution in [2.75, 3.05) is 13.1 Å². The summed E-state index contributed by atoms with van der Waals surface area (Å²) in [5.74, 6) is -0.335. The minimum atomic E-state index is -3.84. The van der Waals surface area contributed by atoms with Gasteiger partial charge in [-0.2, -0.15) is 0 Å². The zero-order chi connectivity index (χ0) is 18.3. The second kappa shape index (κ2) is 7.58. The molecule has 0 saturated carbocycles. The van der Waals surface area contributed by atoms with Crippen LogP contribution in [0.25, 0.3) is 11.0 Å². The normalized spacial score (nSPS) is 15.6. The molecule has 1 saturated heterocycles. The highest BCUT2D eigenvalue weighted by molar-refractivity contribution is 7.90. The van der Waals surface area contributed by atoms with Crippen LogP contribution in [-0.4, -0.2) is 30.5 Å². The first-order valence-corrected chi connectivity index (χ1v) is 10.1. The first-order chi connectivity index (χ1) is 12.5. The van der Waals surface area contributed by atoms with Crippen LogP contribution >= 0.6 is 12.4 Å². The lowest BCUT2D eigenvalue weighted by molar-refractivity contribution is 0.462. The Labute approximate surface area is 164 Å². The number of aromatic nitrogens is 2. The second-order valence-corrected chi connectivity index (χ2v) is 8.48. The lowest BCUT2D eigenvalue weighted by atomic mass is 9.91. The van der Waals surface area contributed by atoms with Crippen molar-refractivity contribution in [2.24, 2.45) is 0 Å². The average molecular weight is 410 g/mol. The van der Waals surface area contributed by atoms with E-state index < -0.39 is 15.8 Å². The number of pyridine rings is 1. The Morgan fingerprint density at radius 2 is 1.93 bits per heavy atom. The molecule has 0 atom stereocenters. The summed E-state index contributed by atoms with van der Waals surface area (Å²) in [5, 5.41) is 3.31. The number of piperidine rings is 1. The van der Waals surface area contributed by atoms with Crippen LogP contribution in [-0.2, 0) is 10.0 Å². The third-order valence-electron chi connectivity index (χ3n) is 5.01. The topological polar surface area (TPSA) is 64.0 Å². The number of hydrogen-bond donors (Lipinski definition) is 1. The average Bonchev–Trinajstić information content (AvgIpc) is 3.02. The van der Waals surface area contributed by atoms with Gasteiger partial charge in [0.2, 0.25) is 0 Å². The number of halogens is 2. The molecule has 27 heavy (non-hydrogen) atoms. The Bertz CT molecular complexity index is 1080. The van der Waals surface area contributed by atoms with E-state index in [1.807, 2.05) is 0 Å². The number of benzene rings is 1. The third kappa shape index (κ3) is 3.47. The first-order valence-electron chi connectivity index (χ1n) is 8.67. The fraction of sp³-hybridized carbons (Fsp3) is 0.316. The second-order valence-electron chi connectivity index (χ2n) is 6.70. The summed E-state index contributed by atoms with van der Waals surface area (Å²) in [7, 11) is -3.84. The van der Waals surface area contributed by atoms with Gasteiger partial charge in [-0.05, 0) is 50.4 Å². The van der Waals surface area contributed by atoms with E-state index in [1.165, 1.54) is 10.0 Å². The lowest BCUT2D eigenvalue weighted by Crippen LogP contribution is -2.26. The molecule has 0 unspecified atom stereocenters. The Kier molecular flexibility index (Phi) is 5.55. The first kappa shape index (κ1) is 19.8. The van der Waals surface area contributed by atoms with Crippen molar-refractivity contribution in [3.8, 4) is 0 Å². The molecule has 1 aromatic carbocycles. The van der Waals surface area contributed by atoms with Crippen molar-refractivity contribution in [1.29, 1.82) is 0 Å². The van der Waals surface area contributed by atoms with E-state index in [9.17, 15) is 12.8 Å². The summed E-state index contributed by atoms with van der Waals surface area (Å²) in [6, 6.07) is 8.07. The maximum absolute atomic E-state index is 13.9. The fourth-order valence-electron chi connectivity index (χ4n) is 3.66. The molecule has 3 heterocycles. The largest absolute Gasteiger partial charge is 0.317 e. The van der Waals surface area contributed by atoms with Gasteiger partial charge in [-0.25, -0.2) is 16.8 Å². The highest BCUT2D eigenvalue weighted by Crippen LogP contribution is 2.34. The van der Waals surface area contributed by atoms with Crippen molar-refractivity contribution in [2.45, 2.75) is 30.6 Å². The van der Waals surface area contributed by atoms with Crippen LogP contribution in [0, 0.1) is 12.7 Å². The number of aryl methyl sites for hydroxylation is 1. The van der Waals surface area contributed by atoms with Crippen molar-refractivity contribution < 1.29 is 12.8 Å². The molecule has 4 rings (SSSR count). The minimum Gasteiger partial charge on any atom is -0.317 e. The van der Waals surface area contributed by atoms with Gasteiger partial charge < -0.3 is 5.32 Å². The molecule has 0 spiro atoms. The number of nitrogens with one attached hydrogen (secondary N) is 1. The Hall–Kier alpha value is -1.96. The van der Waals surface area contributed by atoms with Crippen LogP contribution in [0.15, 0.2) is 47.6 Å². The molecule has 2 aromatic heterocycles. The van der Waals surface area contributed by atoms with Crippen LogP contribution in [0.2, 0.25) is 0 Å². The number of hydrogen-bond acceptors (Lipinski definition) is 4. The summed E-state index contributed by atoms with van der Waals surface area (Å²) < 4.78 is 41.6. The van der Waals surface area contributed by atoms with Gasteiger partial charge in [-0.15, -0.1) is 12.4 Å². The SMILES string of the molecule is Cc1ccccc1S(=O)(=O)n1cc(C2CCNCC2)c2ncc(F)cc21.Cl. The monoisotopic (exact) mass is 409 g/mol. The zero-order valence-corrected chi connectivity index (χ0v) is 16.5. The molecule has 1 fully saturated rings. The van der Waals surface area contributed by atoms with E-state index in [0.29, 0.717) is 16.6 Å². The van der Waals surface area contributed by atoms with Gasteiger partial charge in [0.1, 0.15) is 5.82 Å². The molecule has 0 amide bonds. The molecule has 1 aliphatic heterocycles. The quantitative estimate of drug-likeness (QED) is 0.717. The van der Waals surface area contributed by atoms with E-state index >= 15 is 0 Å². The number of fused-ring (bicyclic) bond motifs is 1. The van der Waals surface area contributed by atoms with Crippen LogP contribution < -0.4 is 5.32 Å². The van der Waals surface area contributed by atoms with E-state index in [4.69, 9.17) is 0 Å². The highest BCUT2D eigenvalue weighted by atomic mass is 35.5.